The molecular formula is C24H23N5O2. The molecule has 0 aliphatic rings. The third-order valence-electron chi connectivity index (χ3n) is 4.88. The fraction of sp³-hybridized carbons (Fsp3) is 0.125. The smallest absolute Gasteiger partial charge is 0.267 e. The SMILES string of the molecule is O=C(NCCCc1ncc[nH]1)C(=Cc1c[nH]c2ccccc12)NC(=O)c1ccccc1. The van der Waals surface area contributed by atoms with Crippen LogP contribution in [0.3, 0.4) is 0 Å². The number of hydrogen-bond donors (Lipinski definition) is 4. The van der Waals surface area contributed by atoms with Crippen LogP contribution in [0.25, 0.3) is 17.0 Å². The molecule has 2 amide bonds. The molecule has 0 radical (unpaired) electrons. The number of fused-ring (bicyclic) bond motifs is 1. The average molecular weight is 413 g/mol. The fourth-order valence-corrected chi connectivity index (χ4v) is 3.30. The van der Waals surface area contributed by atoms with E-state index in [9.17, 15) is 9.59 Å². The molecule has 2 aromatic heterocycles. The van der Waals surface area contributed by atoms with Gasteiger partial charge in [0.25, 0.3) is 11.8 Å². The number of aromatic nitrogens is 3. The lowest BCUT2D eigenvalue weighted by atomic mass is 10.1. The summed E-state index contributed by atoms with van der Waals surface area (Å²) in [6.07, 6.45) is 8.45. The van der Waals surface area contributed by atoms with Gasteiger partial charge in [0, 0.05) is 53.6 Å². The van der Waals surface area contributed by atoms with E-state index in [1.54, 1.807) is 42.7 Å². The lowest BCUT2D eigenvalue weighted by Gasteiger charge is -2.11. The van der Waals surface area contributed by atoms with Gasteiger partial charge in [0.15, 0.2) is 0 Å². The number of nitrogens with zero attached hydrogens (tertiary/aromatic N) is 1. The molecule has 0 aliphatic carbocycles. The molecular weight excluding hydrogens is 390 g/mol. The maximum atomic E-state index is 12.9. The number of carbonyl (C=O) groups is 2. The summed E-state index contributed by atoms with van der Waals surface area (Å²) in [5.41, 5.74) is 2.46. The average Bonchev–Trinajstić information content (AvgIpc) is 3.47. The molecule has 0 aliphatic heterocycles. The quantitative estimate of drug-likeness (QED) is 0.263. The molecule has 0 unspecified atom stereocenters. The van der Waals surface area contributed by atoms with E-state index < -0.39 is 0 Å². The number of nitrogens with one attached hydrogen (secondary N) is 4. The maximum absolute atomic E-state index is 12.9. The molecule has 0 bridgehead atoms. The minimum absolute atomic E-state index is 0.191. The Morgan fingerprint density at radius 3 is 2.61 bits per heavy atom. The first kappa shape index (κ1) is 20.2. The number of imidazole rings is 1. The van der Waals surface area contributed by atoms with Crippen LogP contribution >= 0.6 is 0 Å². The van der Waals surface area contributed by atoms with E-state index in [0.29, 0.717) is 12.1 Å². The molecule has 0 spiro atoms. The third kappa shape index (κ3) is 5.08. The van der Waals surface area contributed by atoms with Crippen molar-refractivity contribution in [1.82, 2.24) is 25.6 Å². The van der Waals surface area contributed by atoms with E-state index in [1.165, 1.54) is 0 Å². The van der Waals surface area contributed by atoms with Crippen LogP contribution in [0.2, 0.25) is 0 Å². The van der Waals surface area contributed by atoms with Crippen LogP contribution in [0, 0.1) is 0 Å². The second kappa shape index (κ2) is 9.58. The van der Waals surface area contributed by atoms with Crippen LogP contribution in [-0.4, -0.2) is 33.3 Å². The van der Waals surface area contributed by atoms with Crippen molar-refractivity contribution in [2.75, 3.05) is 6.54 Å². The van der Waals surface area contributed by atoms with Gasteiger partial charge in [0.1, 0.15) is 11.5 Å². The van der Waals surface area contributed by atoms with Gasteiger partial charge in [0.05, 0.1) is 0 Å². The Kier molecular flexibility index (Phi) is 6.23. The molecule has 4 N–H and O–H groups in total. The minimum atomic E-state index is -0.339. The van der Waals surface area contributed by atoms with Gasteiger partial charge in [-0.25, -0.2) is 4.98 Å². The molecule has 2 aromatic carbocycles. The summed E-state index contributed by atoms with van der Waals surface area (Å²) in [5, 5.41) is 6.63. The number of benzene rings is 2. The van der Waals surface area contributed by atoms with Crippen LogP contribution in [-0.2, 0) is 11.2 Å². The molecule has 31 heavy (non-hydrogen) atoms. The van der Waals surface area contributed by atoms with Crippen molar-refractivity contribution in [2.45, 2.75) is 12.8 Å². The maximum Gasteiger partial charge on any atom is 0.267 e. The van der Waals surface area contributed by atoms with Gasteiger partial charge >= 0.3 is 0 Å². The van der Waals surface area contributed by atoms with Gasteiger partial charge in [-0.15, -0.1) is 0 Å². The number of para-hydroxylation sites is 1. The van der Waals surface area contributed by atoms with Crippen LogP contribution in [0.1, 0.15) is 28.2 Å². The van der Waals surface area contributed by atoms with Crippen molar-refractivity contribution in [3.63, 3.8) is 0 Å². The number of rotatable bonds is 8. The molecule has 0 saturated carbocycles. The monoisotopic (exact) mass is 413 g/mol. The summed E-state index contributed by atoms with van der Waals surface area (Å²) >= 11 is 0. The Morgan fingerprint density at radius 2 is 1.81 bits per heavy atom. The molecule has 0 fully saturated rings. The van der Waals surface area contributed by atoms with E-state index in [4.69, 9.17) is 0 Å². The Morgan fingerprint density at radius 1 is 1.00 bits per heavy atom. The van der Waals surface area contributed by atoms with E-state index >= 15 is 0 Å². The van der Waals surface area contributed by atoms with Gasteiger partial charge in [-0.05, 0) is 30.7 Å². The molecule has 7 heteroatoms. The highest BCUT2D eigenvalue weighted by Gasteiger charge is 2.15. The molecule has 0 atom stereocenters. The highest BCUT2D eigenvalue weighted by atomic mass is 16.2. The Hall–Kier alpha value is -4.13. The lowest BCUT2D eigenvalue weighted by Crippen LogP contribution is -2.35. The predicted octanol–water partition coefficient (Wildman–Crippen LogP) is 3.41. The Labute approximate surface area is 179 Å². The topological polar surface area (TPSA) is 103 Å². The predicted molar refractivity (Wildman–Crippen MR) is 120 cm³/mol. The number of carbonyl (C=O) groups excluding carboxylic acids is 2. The second-order valence-electron chi connectivity index (χ2n) is 7.06. The van der Waals surface area contributed by atoms with Crippen molar-refractivity contribution in [3.8, 4) is 0 Å². The number of hydrogen-bond acceptors (Lipinski definition) is 3. The first-order chi connectivity index (χ1) is 15.2. The molecule has 0 saturated heterocycles. The van der Waals surface area contributed by atoms with Crippen molar-refractivity contribution in [1.29, 1.82) is 0 Å². The van der Waals surface area contributed by atoms with Gasteiger partial charge in [-0.2, -0.15) is 0 Å². The first-order valence-corrected chi connectivity index (χ1v) is 10.1. The number of aromatic amines is 2. The summed E-state index contributed by atoms with van der Waals surface area (Å²) in [5.74, 6) is 0.202. The first-order valence-electron chi connectivity index (χ1n) is 10.1. The third-order valence-corrected chi connectivity index (χ3v) is 4.88. The normalized spacial score (nSPS) is 11.4. The largest absolute Gasteiger partial charge is 0.361 e. The number of aryl methyl sites for hydroxylation is 1. The van der Waals surface area contributed by atoms with E-state index in [0.717, 1.165) is 35.1 Å². The van der Waals surface area contributed by atoms with Crippen molar-refractivity contribution >= 4 is 28.8 Å². The van der Waals surface area contributed by atoms with E-state index in [2.05, 4.69) is 25.6 Å². The summed E-state index contributed by atoms with van der Waals surface area (Å²) in [7, 11) is 0. The van der Waals surface area contributed by atoms with Crippen LogP contribution in [0.4, 0.5) is 0 Å². The van der Waals surface area contributed by atoms with Crippen molar-refractivity contribution in [3.05, 3.63) is 95.8 Å². The zero-order valence-corrected chi connectivity index (χ0v) is 16.9. The summed E-state index contributed by atoms with van der Waals surface area (Å²) in [6, 6.07) is 16.6. The summed E-state index contributed by atoms with van der Waals surface area (Å²) < 4.78 is 0. The highest BCUT2D eigenvalue weighted by Crippen LogP contribution is 2.20. The molecule has 156 valence electrons. The zero-order valence-electron chi connectivity index (χ0n) is 16.9. The van der Waals surface area contributed by atoms with E-state index in [-0.39, 0.29) is 17.5 Å². The Bertz CT molecular complexity index is 1190. The number of amides is 2. The number of H-pyrrole nitrogens is 2. The Balaban J connectivity index is 1.51. The molecule has 7 nitrogen and oxygen atoms in total. The van der Waals surface area contributed by atoms with E-state index in [1.807, 2.05) is 36.5 Å². The minimum Gasteiger partial charge on any atom is -0.361 e. The molecule has 4 aromatic rings. The zero-order chi connectivity index (χ0) is 21.5. The second-order valence-corrected chi connectivity index (χ2v) is 7.06. The van der Waals surface area contributed by atoms with Crippen LogP contribution < -0.4 is 10.6 Å². The summed E-state index contributed by atoms with van der Waals surface area (Å²) in [4.78, 5) is 36.0. The fourth-order valence-electron chi connectivity index (χ4n) is 3.30. The molecule has 2 heterocycles. The van der Waals surface area contributed by atoms with Gasteiger partial charge < -0.3 is 20.6 Å². The summed E-state index contributed by atoms with van der Waals surface area (Å²) in [6.45, 7) is 0.464. The van der Waals surface area contributed by atoms with Crippen LogP contribution in [0.15, 0.2) is 78.9 Å². The lowest BCUT2D eigenvalue weighted by molar-refractivity contribution is -0.117. The van der Waals surface area contributed by atoms with Crippen LogP contribution in [0.5, 0.6) is 0 Å². The van der Waals surface area contributed by atoms with Gasteiger partial charge in [-0.1, -0.05) is 36.4 Å². The van der Waals surface area contributed by atoms with Crippen molar-refractivity contribution in [2.24, 2.45) is 0 Å². The standard InChI is InChI=1S/C24H23N5O2/c30-23(17-7-2-1-3-8-17)29-21(15-18-16-28-20-10-5-4-9-19(18)20)24(31)27-12-6-11-22-25-13-14-26-22/h1-5,7-10,13-16,28H,6,11-12H2,(H,25,26)(H,27,31)(H,29,30). The molecule has 4 rings (SSSR count). The van der Waals surface area contributed by atoms with Gasteiger partial charge in [-0.3, -0.25) is 9.59 Å². The van der Waals surface area contributed by atoms with Gasteiger partial charge in [0.2, 0.25) is 0 Å². The highest BCUT2D eigenvalue weighted by molar-refractivity contribution is 6.06. The van der Waals surface area contributed by atoms with Crippen molar-refractivity contribution < 1.29 is 9.59 Å².